The largest absolute Gasteiger partial charge is 0.456 e. The van der Waals surface area contributed by atoms with Crippen LogP contribution in [0.1, 0.15) is 0 Å². The maximum atomic E-state index is 6.46. The lowest BCUT2D eigenvalue weighted by atomic mass is 9.85. The molecule has 0 fully saturated rings. The lowest BCUT2D eigenvalue weighted by molar-refractivity contribution is 0.670. The maximum Gasteiger partial charge on any atom is 0.136 e. The van der Waals surface area contributed by atoms with Gasteiger partial charge in [0.15, 0.2) is 0 Å². The fourth-order valence-corrected chi connectivity index (χ4v) is 10.0. The molecule has 10 aromatic carbocycles. The molecule has 1 nitrogen and oxygen atoms in total. The van der Waals surface area contributed by atoms with Crippen LogP contribution in [0.3, 0.4) is 0 Å². The summed E-state index contributed by atoms with van der Waals surface area (Å²) in [5.41, 5.74) is 9.33. The first-order valence-corrected chi connectivity index (χ1v) is 19.3. The van der Waals surface area contributed by atoms with Gasteiger partial charge in [0.2, 0.25) is 0 Å². The van der Waals surface area contributed by atoms with E-state index in [1.165, 1.54) is 107 Å². The third-order valence-corrected chi connectivity index (χ3v) is 12.5. The Balaban J connectivity index is 1.08. The van der Waals surface area contributed by atoms with Gasteiger partial charge in [0.25, 0.3) is 0 Å². The van der Waals surface area contributed by atoms with E-state index in [0.717, 1.165) is 11.2 Å². The number of hydrogen-bond donors (Lipinski definition) is 0. The van der Waals surface area contributed by atoms with Crippen molar-refractivity contribution >= 4 is 96.5 Å². The van der Waals surface area contributed by atoms with E-state index < -0.39 is 0 Å². The zero-order valence-electron chi connectivity index (χ0n) is 29.1. The van der Waals surface area contributed by atoms with Crippen LogP contribution < -0.4 is 0 Å². The van der Waals surface area contributed by atoms with Gasteiger partial charge in [-0.1, -0.05) is 140 Å². The van der Waals surface area contributed by atoms with Crippen molar-refractivity contribution in [2.45, 2.75) is 0 Å². The van der Waals surface area contributed by atoms with Crippen molar-refractivity contribution in [1.29, 1.82) is 0 Å². The molecule has 0 aliphatic heterocycles. The number of rotatable bonds is 3. The van der Waals surface area contributed by atoms with Crippen molar-refractivity contribution in [3.8, 4) is 33.4 Å². The van der Waals surface area contributed by atoms with Gasteiger partial charge < -0.3 is 4.42 Å². The SMILES string of the molecule is c1cc(-c2ccc3ccccc3c2)cc(-c2c3ccccc3c(-c3ccc4sc5cc6oc7ccc8ccccc8c7c6cc5c4c3)c3ccccc23)c1. The van der Waals surface area contributed by atoms with Crippen LogP contribution in [0.2, 0.25) is 0 Å². The Morgan fingerprint density at radius 1 is 0.296 bits per heavy atom. The van der Waals surface area contributed by atoms with Gasteiger partial charge in [0, 0.05) is 30.9 Å². The van der Waals surface area contributed by atoms with Gasteiger partial charge in [0.1, 0.15) is 11.2 Å². The first-order chi connectivity index (χ1) is 26.7. The van der Waals surface area contributed by atoms with E-state index in [1.54, 1.807) is 0 Å². The molecule has 0 bridgehead atoms. The summed E-state index contributed by atoms with van der Waals surface area (Å²) >= 11 is 1.84. The molecule has 0 N–H and O–H groups in total. The van der Waals surface area contributed by atoms with Crippen LogP contribution in [0.25, 0.3) is 119 Å². The van der Waals surface area contributed by atoms with E-state index in [-0.39, 0.29) is 0 Å². The van der Waals surface area contributed by atoms with Gasteiger partial charge in [0.05, 0.1) is 0 Å². The first kappa shape index (κ1) is 29.8. The topological polar surface area (TPSA) is 13.1 Å². The average Bonchev–Trinajstić information content (AvgIpc) is 3.78. The van der Waals surface area contributed by atoms with Crippen LogP contribution in [0.5, 0.6) is 0 Å². The minimum Gasteiger partial charge on any atom is -0.456 e. The van der Waals surface area contributed by atoms with Gasteiger partial charge in [-0.2, -0.15) is 0 Å². The minimum atomic E-state index is 0.937. The van der Waals surface area contributed by atoms with Gasteiger partial charge in [-0.3, -0.25) is 0 Å². The second-order valence-electron chi connectivity index (χ2n) is 14.4. The van der Waals surface area contributed by atoms with E-state index in [2.05, 4.69) is 182 Å². The molecule has 0 amide bonds. The molecule has 54 heavy (non-hydrogen) atoms. The van der Waals surface area contributed by atoms with Crippen molar-refractivity contribution < 1.29 is 4.42 Å². The first-order valence-electron chi connectivity index (χ1n) is 18.5. The predicted molar refractivity (Wildman–Crippen MR) is 233 cm³/mol. The number of furan rings is 1. The van der Waals surface area contributed by atoms with E-state index in [4.69, 9.17) is 4.42 Å². The molecule has 2 heteroatoms. The molecule has 0 atom stereocenters. The molecule has 0 saturated carbocycles. The van der Waals surface area contributed by atoms with Gasteiger partial charge in [-0.15, -0.1) is 11.3 Å². The third-order valence-electron chi connectivity index (χ3n) is 11.4. The molecule has 0 unspecified atom stereocenters. The average molecular weight is 703 g/mol. The van der Waals surface area contributed by atoms with Crippen LogP contribution in [-0.4, -0.2) is 0 Å². The predicted octanol–water partition coefficient (Wildman–Crippen LogP) is 15.6. The molecular weight excluding hydrogens is 673 g/mol. The second-order valence-corrected chi connectivity index (χ2v) is 15.5. The molecular formula is C52H30OS. The van der Waals surface area contributed by atoms with Crippen molar-refractivity contribution in [2.75, 3.05) is 0 Å². The standard InChI is InChI=1S/C52H30OS/c1-2-12-33-26-35(21-20-31(33)10-1)34-13-9-14-36(27-34)50-39-16-5-7-18-41(39)51(42-19-8-6-17-40(42)50)37-23-25-48-43(28-37)44-29-45-47(30-49(44)54-48)53-46-24-22-32-11-3-4-15-38(32)52(45)46/h1-30H. The Morgan fingerprint density at radius 3 is 1.63 bits per heavy atom. The van der Waals surface area contributed by atoms with E-state index in [0.29, 0.717) is 0 Å². The van der Waals surface area contributed by atoms with Crippen LogP contribution in [0.4, 0.5) is 0 Å². The summed E-state index contributed by atoms with van der Waals surface area (Å²) in [6, 6.07) is 66.9. The summed E-state index contributed by atoms with van der Waals surface area (Å²) in [6.07, 6.45) is 0. The molecule has 0 radical (unpaired) electrons. The van der Waals surface area contributed by atoms with Crippen molar-refractivity contribution in [3.05, 3.63) is 182 Å². The minimum absolute atomic E-state index is 0.937. The quantitative estimate of drug-likeness (QED) is 0.167. The highest BCUT2D eigenvalue weighted by molar-refractivity contribution is 7.25. The molecule has 12 aromatic rings. The molecule has 2 heterocycles. The van der Waals surface area contributed by atoms with Crippen LogP contribution in [0.15, 0.2) is 186 Å². The maximum absolute atomic E-state index is 6.46. The Morgan fingerprint density at radius 2 is 0.870 bits per heavy atom. The molecule has 250 valence electrons. The van der Waals surface area contributed by atoms with Crippen LogP contribution >= 0.6 is 11.3 Å². The number of fused-ring (bicyclic) bond motifs is 11. The Labute approximate surface area is 314 Å². The molecule has 0 aliphatic carbocycles. The zero-order valence-corrected chi connectivity index (χ0v) is 30.0. The summed E-state index contributed by atoms with van der Waals surface area (Å²) in [4.78, 5) is 0. The van der Waals surface area contributed by atoms with Crippen molar-refractivity contribution in [3.63, 3.8) is 0 Å². The Kier molecular flexibility index (Phi) is 6.28. The molecule has 0 saturated heterocycles. The van der Waals surface area contributed by atoms with Gasteiger partial charge in [-0.25, -0.2) is 0 Å². The lowest BCUT2D eigenvalue weighted by Gasteiger charge is -2.18. The van der Waals surface area contributed by atoms with Crippen LogP contribution in [0, 0.1) is 0 Å². The second kappa shape index (κ2) is 11.4. The number of hydrogen-bond acceptors (Lipinski definition) is 2. The molecule has 0 aliphatic rings. The highest BCUT2D eigenvalue weighted by Crippen LogP contribution is 2.47. The monoisotopic (exact) mass is 702 g/mol. The number of thiophene rings is 1. The Bertz CT molecular complexity index is 3450. The lowest BCUT2D eigenvalue weighted by Crippen LogP contribution is -1.91. The zero-order chi connectivity index (χ0) is 35.3. The van der Waals surface area contributed by atoms with Crippen molar-refractivity contribution in [2.24, 2.45) is 0 Å². The van der Waals surface area contributed by atoms with Crippen LogP contribution in [-0.2, 0) is 0 Å². The normalized spacial score (nSPS) is 12.1. The van der Waals surface area contributed by atoms with Gasteiger partial charge >= 0.3 is 0 Å². The molecule has 0 spiro atoms. The summed E-state index contributed by atoms with van der Waals surface area (Å²) in [5, 5.41) is 14.9. The number of benzene rings is 10. The Hall–Kier alpha value is -6.74. The highest BCUT2D eigenvalue weighted by Gasteiger charge is 2.19. The van der Waals surface area contributed by atoms with E-state index in [9.17, 15) is 0 Å². The third kappa shape index (κ3) is 4.38. The summed E-state index contributed by atoms with van der Waals surface area (Å²) < 4.78 is 8.99. The smallest absolute Gasteiger partial charge is 0.136 e. The van der Waals surface area contributed by atoms with E-state index in [1.807, 2.05) is 11.3 Å². The highest BCUT2D eigenvalue weighted by atomic mass is 32.1. The summed E-state index contributed by atoms with van der Waals surface area (Å²) in [5.74, 6) is 0. The summed E-state index contributed by atoms with van der Waals surface area (Å²) in [6.45, 7) is 0. The van der Waals surface area contributed by atoms with E-state index >= 15 is 0 Å². The van der Waals surface area contributed by atoms with Gasteiger partial charge in [-0.05, 0) is 119 Å². The molecule has 12 rings (SSSR count). The molecule has 2 aromatic heterocycles. The summed E-state index contributed by atoms with van der Waals surface area (Å²) in [7, 11) is 0. The fourth-order valence-electron chi connectivity index (χ4n) is 8.95. The van der Waals surface area contributed by atoms with Crippen molar-refractivity contribution in [1.82, 2.24) is 0 Å². The fraction of sp³-hybridized carbons (Fsp3) is 0.